The number of hydrogen-bond acceptors (Lipinski definition) is 2. The molecule has 0 N–H and O–H groups in total. The summed E-state index contributed by atoms with van der Waals surface area (Å²) in [6.45, 7) is 0. The van der Waals surface area contributed by atoms with E-state index in [4.69, 9.17) is 4.74 Å². The van der Waals surface area contributed by atoms with Gasteiger partial charge in [-0.1, -0.05) is 0 Å². The molecule has 0 fully saturated rings. The van der Waals surface area contributed by atoms with E-state index in [9.17, 15) is 13.2 Å². The van der Waals surface area contributed by atoms with Crippen LogP contribution in [0.2, 0.25) is 0 Å². The van der Waals surface area contributed by atoms with Crippen molar-refractivity contribution in [2.75, 3.05) is 7.11 Å². The molecule has 2 rings (SSSR count). The van der Waals surface area contributed by atoms with Crippen molar-refractivity contribution in [3.63, 3.8) is 0 Å². The first-order valence-corrected chi connectivity index (χ1v) is 4.76. The molecule has 0 aliphatic carbocycles. The van der Waals surface area contributed by atoms with Gasteiger partial charge in [0.05, 0.1) is 24.7 Å². The Morgan fingerprint density at radius 1 is 1.29 bits per heavy atom. The average Bonchev–Trinajstić information content (AvgIpc) is 2.80. The van der Waals surface area contributed by atoms with E-state index in [1.807, 2.05) is 0 Å². The fraction of sp³-hybridized carbons (Fsp3) is 0.182. The maximum Gasteiger partial charge on any atom is 0.416 e. The van der Waals surface area contributed by atoms with Crippen molar-refractivity contribution in [1.82, 2.24) is 9.55 Å². The van der Waals surface area contributed by atoms with Gasteiger partial charge in [0.1, 0.15) is 5.75 Å². The van der Waals surface area contributed by atoms with Crippen LogP contribution in [0.5, 0.6) is 5.75 Å². The van der Waals surface area contributed by atoms with Gasteiger partial charge < -0.3 is 9.30 Å². The number of alkyl halides is 3. The molecule has 0 aliphatic heterocycles. The topological polar surface area (TPSA) is 27.1 Å². The van der Waals surface area contributed by atoms with Gasteiger partial charge in [0.25, 0.3) is 0 Å². The monoisotopic (exact) mass is 242 g/mol. The van der Waals surface area contributed by atoms with Crippen LogP contribution >= 0.6 is 0 Å². The maximum atomic E-state index is 12.5. The Balaban J connectivity index is 2.50. The van der Waals surface area contributed by atoms with Crippen molar-refractivity contribution < 1.29 is 17.9 Å². The molecular weight excluding hydrogens is 233 g/mol. The van der Waals surface area contributed by atoms with Crippen LogP contribution in [0.15, 0.2) is 36.9 Å². The molecule has 1 heterocycles. The largest absolute Gasteiger partial charge is 0.495 e. The molecule has 17 heavy (non-hydrogen) atoms. The van der Waals surface area contributed by atoms with Gasteiger partial charge in [-0.15, -0.1) is 0 Å². The lowest BCUT2D eigenvalue weighted by Crippen LogP contribution is -2.06. The fourth-order valence-electron chi connectivity index (χ4n) is 1.47. The Morgan fingerprint density at radius 2 is 2.06 bits per heavy atom. The van der Waals surface area contributed by atoms with Gasteiger partial charge in [0.2, 0.25) is 0 Å². The van der Waals surface area contributed by atoms with Gasteiger partial charge >= 0.3 is 6.18 Å². The summed E-state index contributed by atoms with van der Waals surface area (Å²) in [5.74, 6) is 0.151. The van der Waals surface area contributed by atoms with E-state index in [0.29, 0.717) is 5.69 Å². The molecule has 90 valence electrons. The number of benzene rings is 1. The van der Waals surface area contributed by atoms with Crippen LogP contribution in [0.1, 0.15) is 5.56 Å². The van der Waals surface area contributed by atoms with E-state index in [0.717, 1.165) is 12.1 Å². The van der Waals surface area contributed by atoms with Crippen molar-refractivity contribution in [1.29, 1.82) is 0 Å². The summed E-state index contributed by atoms with van der Waals surface area (Å²) in [4.78, 5) is 3.83. The van der Waals surface area contributed by atoms with Crippen molar-refractivity contribution in [3.8, 4) is 11.4 Å². The van der Waals surface area contributed by atoms with Crippen molar-refractivity contribution >= 4 is 0 Å². The lowest BCUT2D eigenvalue weighted by atomic mass is 10.2. The third-order valence-corrected chi connectivity index (χ3v) is 2.29. The average molecular weight is 242 g/mol. The smallest absolute Gasteiger partial charge is 0.416 e. The van der Waals surface area contributed by atoms with E-state index in [1.54, 1.807) is 10.8 Å². The van der Waals surface area contributed by atoms with Crippen LogP contribution in [0, 0.1) is 0 Å². The number of halogens is 3. The molecule has 3 nitrogen and oxygen atoms in total. The Labute approximate surface area is 95.5 Å². The first kappa shape index (κ1) is 11.5. The standard InChI is InChI=1S/C11H9F3N2O/c1-17-10-6-8(11(12,13)14)2-3-9(10)16-5-4-15-7-16/h2-7H,1H3. The van der Waals surface area contributed by atoms with Crippen LogP contribution in [0.4, 0.5) is 13.2 Å². The Bertz CT molecular complexity index is 506. The number of aromatic nitrogens is 2. The van der Waals surface area contributed by atoms with Crippen LogP contribution in [-0.4, -0.2) is 16.7 Å². The summed E-state index contributed by atoms with van der Waals surface area (Å²) in [5, 5.41) is 0. The fourth-order valence-corrected chi connectivity index (χ4v) is 1.47. The minimum absolute atomic E-state index is 0.151. The molecule has 0 atom stereocenters. The SMILES string of the molecule is COc1cc(C(F)(F)F)ccc1-n1ccnc1. The number of imidazole rings is 1. The van der Waals surface area contributed by atoms with E-state index in [1.165, 1.54) is 25.7 Å². The molecular formula is C11H9F3N2O. The predicted molar refractivity (Wildman–Crippen MR) is 55.1 cm³/mol. The molecule has 6 heteroatoms. The normalized spacial score (nSPS) is 11.5. The minimum atomic E-state index is -4.37. The van der Waals surface area contributed by atoms with Gasteiger partial charge in [-0.3, -0.25) is 0 Å². The van der Waals surface area contributed by atoms with E-state index >= 15 is 0 Å². The highest BCUT2D eigenvalue weighted by molar-refractivity contribution is 5.49. The molecule has 0 bridgehead atoms. The predicted octanol–water partition coefficient (Wildman–Crippen LogP) is 2.90. The number of nitrogens with zero attached hydrogens (tertiary/aromatic N) is 2. The second-order valence-electron chi connectivity index (χ2n) is 3.35. The van der Waals surface area contributed by atoms with Crippen molar-refractivity contribution in [2.24, 2.45) is 0 Å². The third-order valence-electron chi connectivity index (χ3n) is 2.29. The molecule has 0 spiro atoms. The molecule has 0 aliphatic rings. The highest BCUT2D eigenvalue weighted by Gasteiger charge is 2.31. The number of methoxy groups -OCH3 is 1. The van der Waals surface area contributed by atoms with Gasteiger partial charge in [0.15, 0.2) is 0 Å². The minimum Gasteiger partial charge on any atom is -0.495 e. The van der Waals surface area contributed by atoms with Gasteiger partial charge in [-0.05, 0) is 18.2 Å². The molecule has 0 saturated carbocycles. The highest BCUT2D eigenvalue weighted by Crippen LogP contribution is 2.34. The molecule has 0 radical (unpaired) electrons. The lowest BCUT2D eigenvalue weighted by molar-refractivity contribution is -0.137. The maximum absolute atomic E-state index is 12.5. The Hall–Kier alpha value is -1.98. The number of rotatable bonds is 2. The number of hydrogen-bond donors (Lipinski definition) is 0. The van der Waals surface area contributed by atoms with Crippen LogP contribution in [0.3, 0.4) is 0 Å². The van der Waals surface area contributed by atoms with Crippen LogP contribution < -0.4 is 4.74 Å². The van der Waals surface area contributed by atoms with Gasteiger partial charge in [0, 0.05) is 12.4 Å². The molecule has 0 saturated heterocycles. The third kappa shape index (κ3) is 2.25. The Morgan fingerprint density at radius 3 is 2.59 bits per heavy atom. The summed E-state index contributed by atoms with van der Waals surface area (Å²) in [6.07, 6.45) is 0.286. The van der Waals surface area contributed by atoms with Crippen LogP contribution in [-0.2, 0) is 6.18 Å². The lowest BCUT2D eigenvalue weighted by Gasteiger charge is -2.12. The summed E-state index contributed by atoms with van der Waals surface area (Å²) >= 11 is 0. The summed E-state index contributed by atoms with van der Waals surface area (Å²) in [7, 11) is 1.33. The number of ether oxygens (including phenoxy) is 1. The van der Waals surface area contributed by atoms with E-state index in [2.05, 4.69) is 4.98 Å². The highest BCUT2D eigenvalue weighted by atomic mass is 19.4. The summed E-state index contributed by atoms with van der Waals surface area (Å²) < 4.78 is 44.0. The zero-order valence-electron chi connectivity index (χ0n) is 8.90. The molecule has 2 aromatic rings. The van der Waals surface area contributed by atoms with Gasteiger partial charge in [-0.25, -0.2) is 4.98 Å². The zero-order valence-corrected chi connectivity index (χ0v) is 8.90. The first-order chi connectivity index (χ1) is 8.02. The van der Waals surface area contributed by atoms with E-state index in [-0.39, 0.29) is 5.75 Å². The summed E-state index contributed by atoms with van der Waals surface area (Å²) in [6, 6.07) is 3.33. The van der Waals surface area contributed by atoms with Gasteiger partial charge in [-0.2, -0.15) is 13.2 Å². The van der Waals surface area contributed by atoms with Crippen molar-refractivity contribution in [2.45, 2.75) is 6.18 Å². The quantitative estimate of drug-likeness (QED) is 0.809. The van der Waals surface area contributed by atoms with Crippen molar-refractivity contribution in [3.05, 3.63) is 42.5 Å². The Kier molecular flexibility index (Phi) is 2.79. The molecule has 1 aromatic heterocycles. The zero-order chi connectivity index (χ0) is 12.5. The molecule has 0 amide bonds. The molecule has 1 aromatic carbocycles. The summed E-state index contributed by atoms with van der Waals surface area (Å²) in [5.41, 5.74) is -0.226. The second-order valence-corrected chi connectivity index (χ2v) is 3.35. The molecule has 0 unspecified atom stereocenters. The first-order valence-electron chi connectivity index (χ1n) is 4.76. The second kappa shape index (κ2) is 4.12. The van der Waals surface area contributed by atoms with E-state index < -0.39 is 11.7 Å². The van der Waals surface area contributed by atoms with Crippen LogP contribution in [0.25, 0.3) is 5.69 Å².